The third-order valence-corrected chi connectivity index (χ3v) is 6.22. The van der Waals surface area contributed by atoms with E-state index in [0.717, 1.165) is 39.7 Å². The molecule has 8 heteroatoms. The Balaban J connectivity index is 1.59. The first-order valence-electron chi connectivity index (χ1n) is 8.94. The van der Waals surface area contributed by atoms with Crippen LogP contribution in [0, 0.1) is 14.1 Å². The van der Waals surface area contributed by atoms with E-state index in [2.05, 4.69) is 77.0 Å². The number of carbonyl (C=O) groups excluding carboxylic acids is 1. The number of amides is 2. The van der Waals surface area contributed by atoms with E-state index in [-0.39, 0.29) is 6.03 Å². The second-order valence-corrected chi connectivity index (χ2v) is 9.61. The number of para-hydroxylation sites is 1. The lowest BCUT2D eigenvalue weighted by atomic mass is 10.2. The highest BCUT2D eigenvalue weighted by atomic mass is 127. The normalized spacial score (nSPS) is 10.8. The van der Waals surface area contributed by atoms with Crippen molar-refractivity contribution in [2.45, 2.75) is 13.5 Å². The second kappa shape index (κ2) is 11.1. The zero-order chi connectivity index (χ0) is 21.5. The average Bonchev–Trinajstić information content (AvgIpc) is 2.70. The summed E-state index contributed by atoms with van der Waals surface area (Å²) in [6.07, 6.45) is 1.61. The summed E-state index contributed by atoms with van der Waals surface area (Å²) in [5.41, 5.74) is 6.20. The lowest BCUT2D eigenvalue weighted by molar-refractivity contribution is 0.252. The molecule has 0 aliphatic carbocycles. The Morgan fingerprint density at radius 1 is 1.10 bits per heavy atom. The Hall–Kier alpha value is -1.66. The van der Waals surface area contributed by atoms with Crippen molar-refractivity contribution in [2.75, 3.05) is 5.32 Å². The number of aryl methyl sites for hydroxylation is 1. The average molecular weight is 690 g/mol. The second-order valence-electron chi connectivity index (χ2n) is 6.37. The van der Waals surface area contributed by atoms with Gasteiger partial charge in [0.05, 0.1) is 13.4 Å². The minimum Gasteiger partial charge on any atom is -0.487 e. The number of nitrogens with zero attached hydrogens (tertiary/aromatic N) is 1. The fraction of sp³-hybridized carbons (Fsp3) is 0.0909. The molecule has 0 fully saturated rings. The zero-order valence-corrected chi connectivity index (χ0v) is 21.9. The maximum atomic E-state index is 12.0. The van der Waals surface area contributed by atoms with Crippen LogP contribution >= 0.6 is 61.1 Å². The van der Waals surface area contributed by atoms with Crippen LogP contribution in [-0.2, 0) is 6.61 Å². The van der Waals surface area contributed by atoms with Crippen LogP contribution in [0.25, 0.3) is 0 Å². The Kier molecular flexibility index (Phi) is 8.51. The molecule has 2 N–H and O–H groups in total. The van der Waals surface area contributed by atoms with Crippen molar-refractivity contribution in [3.8, 4) is 5.75 Å². The van der Waals surface area contributed by atoms with Gasteiger partial charge in [-0.15, -0.1) is 0 Å². The summed E-state index contributed by atoms with van der Waals surface area (Å²) >= 11 is 7.93. The summed E-state index contributed by atoms with van der Waals surface area (Å²) in [5.74, 6) is 0.835. The van der Waals surface area contributed by atoms with E-state index in [1.165, 1.54) is 0 Å². The fourth-order valence-corrected chi connectivity index (χ4v) is 4.95. The van der Waals surface area contributed by atoms with E-state index in [4.69, 9.17) is 4.74 Å². The predicted molar refractivity (Wildman–Crippen MR) is 141 cm³/mol. The molecule has 0 radical (unpaired) electrons. The maximum Gasteiger partial charge on any atom is 0.339 e. The highest BCUT2D eigenvalue weighted by molar-refractivity contribution is 14.1. The molecule has 0 saturated carbocycles. The number of anilines is 1. The molecule has 30 heavy (non-hydrogen) atoms. The van der Waals surface area contributed by atoms with Gasteiger partial charge in [0, 0.05) is 10.2 Å². The molecule has 0 atom stereocenters. The van der Waals surface area contributed by atoms with Crippen LogP contribution in [0.1, 0.15) is 16.7 Å². The van der Waals surface area contributed by atoms with Gasteiger partial charge in [-0.05, 0) is 99.1 Å². The molecule has 3 rings (SSSR count). The lowest BCUT2D eigenvalue weighted by Crippen LogP contribution is -2.24. The minimum atomic E-state index is -0.389. The van der Waals surface area contributed by atoms with E-state index < -0.39 is 0 Å². The van der Waals surface area contributed by atoms with Crippen molar-refractivity contribution in [3.63, 3.8) is 0 Å². The molecule has 5 nitrogen and oxygen atoms in total. The standard InChI is InChI=1S/C22H18BrI2N3O2/c1-14-4-2-3-5-20(14)27-22(29)28-26-12-16-10-18(24)21(19(25)11-16)30-13-15-6-8-17(23)9-7-15/h2-12H,13H2,1H3,(H2,27,28,29). The van der Waals surface area contributed by atoms with E-state index in [1.807, 2.05) is 67.6 Å². The first-order chi connectivity index (χ1) is 14.4. The van der Waals surface area contributed by atoms with Gasteiger partial charge in [-0.25, -0.2) is 10.2 Å². The quantitative estimate of drug-likeness (QED) is 0.172. The molecule has 2 amide bonds. The molecule has 0 aliphatic rings. The van der Waals surface area contributed by atoms with Crippen molar-refractivity contribution in [1.29, 1.82) is 0 Å². The molecule has 0 aromatic heterocycles. The minimum absolute atomic E-state index is 0.389. The number of hydrazone groups is 1. The van der Waals surface area contributed by atoms with Crippen molar-refractivity contribution in [1.82, 2.24) is 5.43 Å². The number of hydrogen-bond donors (Lipinski definition) is 2. The summed E-state index contributed by atoms with van der Waals surface area (Å²) in [5, 5.41) is 6.82. The number of ether oxygens (including phenoxy) is 1. The Morgan fingerprint density at radius 2 is 1.77 bits per heavy atom. The molecule has 0 bridgehead atoms. The van der Waals surface area contributed by atoms with Gasteiger partial charge in [0.1, 0.15) is 12.4 Å². The summed E-state index contributed by atoms with van der Waals surface area (Å²) in [6.45, 7) is 2.43. The summed E-state index contributed by atoms with van der Waals surface area (Å²) in [6, 6.07) is 19.2. The number of rotatable bonds is 6. The monoisotopic (exact) mass is 689 g/mol. The van der Waals surface area contributed by atoms with Gasteiger partial charge in [-0.3, -0.25) is 0 Å². The first kappa shape index (κ1) is 23.0. The van der Waals surface area contributed by atoms with Crippen LogP contribution in [-0.4, -0.2) is 12.2 Å². The van der Waals surface area contributed by atoms with Crippen LogP contribution in [0.5, 0.6) is 5.75 Å². The molecule has 3 aromatic rings. The Morgan fingerprint density at radius 3 is 2.43 bits per heavy atom. The van der Waals surface area contributed by atoms with E-state index in [9.17, 15) is 4.79 Å². The molecule has 0 unspecified atom stereocenters. The molecule has 0 aliphatic heterocycles. The smallest absolute Gasteiger partial charge is 0.339 e. The van der Waals surface area contributed by atoms with Gasteiger partial charge in [0.25, 0.3) is 0 Å². The van der Waals surface area contributed by atoms with Crippen LogP contribution < -0.4 is 15.5 Å². The molecule has 0 spiro atoms. The highest BCUT2D eigenvalue weighted by Gasteiger charge is 2.09. The van der Waals surface area contributed by atoms with Crippen molar-refractivity contribution in [3.05, 3.63) is 89.0 Å². The number of urea groups is 1. The van der Waals surface area contributed by atoms with Gasteiger partial charge in [-0.2, -0.15) is 5.10 Å². The molecule has 0 heterocycles. The van der Waals surface area contributed by atoms with Crippen LogP contribution in [0.3, 0.4) is 0 Å². The molecule has 154 valence electrons. The number of carbonyl (C=O) groups is 1. The molecular weight excluding hydrogens is 672 g/mol. The van der Waals surface area contributed by atoms with Gasteiger partial charge < -0.3 is 10.1 Å². The lowest BCUT2D eigenvalue weighted by Gasteiger charge is -2.11. The number of hydrogen-bond acceptors (Lipinski definition) is 3. The topological polar surface area (TPSA) is 62.7 Å². The zero-order valence-electron chi connectivity index (χ0n) is 16.0. The van der Waals surface area contributed by atoms with Gasteiger partial charge in [0.15, 0.2) is 0 Å². The van der Waals surface area contributed by atoms with Gasteiger partial charge in [0.2, 0.25) is 0 Å². The SMILES string of the molecule is Cc1ccccc1NC(=O)NN=Cc1cc(I)c(OCc2ccc(Br)cc2)c(I)c1. The molecule has 0 saturated heterocycles. The van der Waals surface area contributed by atoms with Gasteiger partial charge >= 0.3 is 6.03 Å². The number of halogens is 3. The van der Waals surface area contributed by atoms with Crippen LogP contribution in [0.2, 0.25) is 0 Å². The summed E-state index contributed by atoms with van der Waals surface area (Å²) in [4.78, 5) is 12.0. The van der Waals surface area contributed by atoms with Crippen LogP contribution in [0.4, 0.5) is 10.5 Å². The van der Waals surface area contributed by atoms with Crippen molar-refractivity contribution >= 4 is 79.0 Å². The largest absolute Gasteiger partial charge is 0.487 e. The Labute approximate surface area is 211 Å². The Bertz CT molecular complexity index is 1050. The van der Waals surface area contributed by atoms with Gasteiger partial charge in [-0.1, -0.05) is 46.3 Å². The number of nitrogens with one attached hydrogen (secondary N) is 2. The third-order valence-electron chi connectivity index (χ3n) is 4.09. The molecular formula is C22H18BrI2N3O2. The fourth-order valence-electron chi connectivity index (χ4n) is 2.56. The first-order valence-corrected chi connectivity index (χ1v) is 11.9. The summed E-state index contributed by atoms with van der Waals surface area (Å²) < 4.78 is 9.01. The van der Waals surface area contributed by atoms with E-state index in [1.54, 1.807) is 6.21 Å². The highest BCUT2D eigenvalue weighted by Crippen LogP contribution is 2.29. The van der Waals surface area contributed by atoms with Crippen LogP contribution in [0.15, 0.2) is 70.2 Å². The predicted octanol–water partition coefficient (Wildman–Crippen LogP) is 6.70. The van der Waals surface area contributed by atoms with Crippen molar-refractivity contribution < 1.29 is 9.53 Å². The van der Waals surface area contributed by atoms with E-state index in [0.29, 0.717) is 6.61 Å². The molecule has 3 aromatic carbocycles. The third kappa shape index (κ3) is 6.67. The maximum absolute atomic E-state index is 12.0. The summed E-state index contributed by atoms with van der Waals surface area (Å²) in [7, 11) is 0. The van der Waals surface area contributed by atoms with Crippen molar-refractivity contribution in [2.24, 2.45) is 5.10 Å². The van der Waals surface area contributed by atoms with E-state index >= 15 is 0 Å². The number of benzene rings is 3.